The van der Waals surface area contributed by atoms with Gasteiger partial charge in [-0.1, -0.05) is 6.92 Å². The molecule has 5 nitrogen and oxygen atoms in total. The van der Waals surface area contributed by atoms with E-state index in [1.54, 1.807) is 4.90 Å². The number of nitrogens with two attached hydrogens (primary N) is 2. The lowest BCUT2D eigenvalue weighted by atomic mass is 9.77. The van der Waals surface area contributed by atoms with Crippen molar-refractivity contribution in [3.8, 4) is 0 Å². The maximum atomic E-state index is 12.5. The Labute approximate surface area is 108 Å². The van der Waals surface area contributed by atoms with Gasteiger partial charge in [-0.15, -0.1) is 0 Å². The third kappa shape index (κ3) is 2.51. The molecule has 0 bridgehead atoms. The van der Waals surface area contributed by atoms with Crippen LogP contribution in [-0.2, 0) is 9.59 Å². The fraction of sp³-hybridized carbons (Fsp3) is 0.846. The van der Waals surface area contributed by atoms with Gasteiger partial charge in [0, 0.05) is 18.5 Å². The third-order valence-corrected chi connectivity index (χ3v) is 4.42. The largest absolute Gasteiger partial charge is 0.368 e. The quantitative estimate of drug-likeness (QED) is 0.738. The molecule has 2 amide bonds. The fourth-order valence-electron chi connectivity index (χ4n) is 3.24. The van der Waals surface area contributed by atoms with Crippen molar-refractivity contribution < 1.29 is 9.59 Å². The summed E-state index contributed by atoms with van der Waals surface area (Å²) < 4.78 is 0. The Morgan fingerprint density at radius 1 is 1.22 bits per heavy atom. The number of rotatable bonds is 2. The van der Waals surface area contributed by atoms with Gasteiger partial charge in [-0.3, -0.25) is 9.59 Å². The van der Waals surface area contributed by atoms with E-state index in [-0.39, 0.29) is 23.8 Å². The number of carbonyl (C=O) groups is 2. The van der Waals surface area contributed by atoms with Crippen LogP contribution < -0.4 is 11.5 Å². The van der Waals surface area contributed by atoms with Crippen LogP contribution in [0.2, 0.25) is 0 Å². The van der Waals surface area contributed by atoms with E-state index in [4.69, 9.17) is 11.5 Å². The van der Waals surface area contributed by atoms with Crippen LogP contribution in [0.3, 0.4) is 0 Å². The number of carbonyl (C=O) groups excluding carboxylic acids is 2. The number of hydrogen-bond donors (Lipinski definition) is 2. The predicted octanol–water partition coefficient (Wildman–Crippen LogP) is 0.226. The van der Waals surface area contributed by atoms with E-state index in [9.17, 15) is 9.59 Å². The summed E-state index contributed by atoms with van der Waals surface area (Å²) in [6, 6.07) is -0.285. The van der Waals surface area contributed by atoms with E-state index in [1.807, 2.05) is 0 Å². The van der Waals surface area contributed by atoms with Crippen LogP contribution in [-0.4, -0.2) is 35.3 Å². The van der Waals surface area contributed by atoms with Crippen LogP contribution in [0.1, 0.15) is 39.0 Å². The molecule has 4 atom stereocenters. The Morgan fingerprint density at radius 3 is 2.61 bits per heavy atom. The minimum absolute atomic E-state index is 0.0336. The number of likely N-dealkylation sites (tertiary alicyclic amines) is 1. The molecule has 2 aliphatic rings. The number of hydrogen-bond acceptors (Lipinski definition) is 3. The second-order valence-corrected chi connectivity index (χ2v) is 5.75. The summed E-state index contributed by atoms with van der Waals surface area (Å²) in [6.45, 7) is 2.76. The maximum Gasteiger partial charge on any atom is 0.240 e. The smallest absolute Gasteiger partial charge is 0.240 e. The Morgan fingerprint density at radius 2 is 1.94 bits per heavy atom. The molecule has 2 fully saturated rings. The van der Waals surface area contributed by atoms with Gasteiger partial charge < -0.3 is 16.4 Å². The normalized spacial score (nSPS) is 36.7. The second kappa shape index (κ2) is 5.26. The average Bonchev–Trinajstić information content (AvgIpc) is 2.80. The highest BCUT2D eigenvalue weighted by Crippen LogP contribution is 2.32. The molecule has 4 unspecified atom stereocenters. The van der Waals surface area contributed by atoms with Gasteiger partial charge in [0.1, 0.15) is 6.04 Å². The summed E-state index contributed by atoms with van der Waals surface area (Å²) in [7, 11) is 0. The first kappa shape index (κ1) is 13.3. The summed E-state index contributed by atoms with van der Waals surface area (Å²) in [5, 5.41) is 0. The first-order valence-electron chi connectivity index (χ1n) is 6.86. The van der Waals surface area contributed by atoms with Crippen molar-refractivity contribution in [3.63, 3.8) is 0 Å². The van der Waals surface area contributed by atoms with E-state index in [0.717, 1.165) is 25.7 Å². The lowest BCUT2D eigenvalue weighted by molar-refractivity contribution is -0.143. The van der Waals surface area contributed by atoms with E-state index in [0.29, 0.717) is 18.9 Å². The third-order valence-electron chi connectivity index (χ3n) is 4.42. The van der Waals surface area contributed by atoms with Crippen LogP contribution in [0.5, 0.6) is 0 Å². The Bertz CT molecular complexity index is 345. The molecule has 2 rings (SSSR count). The minimum atomic E-state index is -0.400. The molecule has 1 aliphatic heterocycles. The zero-order valence-corrected chi connectivity index (χ0v) is 11.0. The van der Waals surface area contributed by atoms with Crippen LogP contribution >= 0.6 is 0 Å². The SMILES string of the molecule is CC1CCC(N)CC1C(=O)N1CCCC1C(N)=O. The molecule has 0 radical (unpaired) electrons. The van der Waals surface area contributed by atoms with Crippen molar-refractivity contribution in [2.75, 3.05) is 6.54 Å². The van der Waals surface area contributed by atoms with Crippen molar-refractivity contribution in [2.45, 2.75) is 51.1 Å². The molecule has 1 heterocycles. The first-order chi connectivity index (χ1) is 8.50. The van der Waals surface area contributed by atoms with Gasteiger partial charge in [-0.05, 0) is 38.0 Å². The van der Waals surface area contributed by atoms with Crippen LogP contribution in [0.4, 0.5) is 0 Å². The lowest BCUT2D eigenvalue weighted by Crippen LogP contribution is -2.49. The zero-order valence-electron chi connectivity index (χ0n) is 11.0. The molecule has 4 N–H and O–H groups in total. The first-order valence-corrected chi connectivity index (χ1v) is 6.86. The molecule has 0 aromatic heterocycles. The van der Waals surface area contributed by atoms with Crippen LogP contribution in [0, 0.1) is 11.8 Å². The van der Waals surface area contributed by atoms with Crippen molar-refractivity contribution >= 4 is 11.8 Å². The zero-order chi connectivity index (χ0) is 13.3. The van der Waals surface area contributed by atoms with E-state index in [1.165, 1.54) is 0 Å². The molecule has 5 heteroatoms. The summed E-state index contributed by atoms with van der Waals surface area (Å²) >= 11 is 0. The average molecular weight is 253 g/mol. The number of amides is 2. The van der Waals surface area contributed by atoms with Crippen LogP contribution in [0.25, 0.3) is 0 Å². The molecular formula is C13H23N3O2. The highest BCUT2D eigenvalue weighted by atomic mass is 16.2. The molecule has 18 heavy (non-hydrogen) atoms. The van der Waals surface area contributed by atoms with Gasteiger partial charge in [-0.25, -0.2) is 0 Å². The van der Waals surface area contributed by atoms with Gasteiger partial charge in [0.05, 0.1) is 0 Å². The minimum Gasteiger partial charge on any atom is -0.368 e. The molecule has 0 spiro atoms. The van der Waals surface area contributed by atoms with Gasteiger partial charge in [-0.2, -0.15) is 0 Å². The van der Waals surface area contributed by atoms with Crippen molar-refractivity contribution in [3.05, 3.63) is 0 Å². The molecular weight excluding hydrogens is 230 g/mol. The lowest BCUT2D eigenvalue weighted by Gasteiger charge is -2.35. The van der Waals surface area contributed by atoms with E-state index < -0.39 is 6.04 Å². The maximum absolute atomic E-state index is 12.5. The second-order valence-electron chi connectivity index (χ2n) is 5.75. The van der Waals surface area contributed by atoms with Gasteiger partial charge in [0.25, 0.3) is 0 Å². The van der Waals surface area contributed by atoms with E-state index >= 15 is 0 Å². The van der Waals surface area contributed by atoms with Crippen molar-refractivity contribution in [1.29, 1.82) is 0 Å². The summed E-state index contributed by atoms with van der Waals surface area (Å²) in [5.41, 5.74) is 11.3. The van der Waals surface area contributed by atoms with Gasteiger partial charge in [0.15, 0.2) is 0 Å². The Kier molecular flexibility index (Phi) is 3.90. The summed E-state index contributed by atoms with van der Waals surface area (Å²) in [5.74, 6) is 0.0210. The summed E-state index contributed by atoms with van der Waals surface area (Å²) in [6.07, 6.45) is 4.29. The monoisotopic (exact) mass is 253 g/mol. The molecule has 1 saturated heterocycles. The fourth-order valence-corrected chi connectivity index (χ4v) is 3.24. The standard InChI is InChI=1S/C13H23N3O2/c1-8-4-5-9(14)7-10(8)13(18)16-6-2-3-11(16)12(15)17/h8-11H,2-7,14H2,1H3,(H2,15,17). The van der Waals surface area contributed by atoms with Crippen LogP contribution in [0.15, 0.2) is 0 Å². The van der Waals surface area contributed by atoms with Crippen molar-refractivity contribution in [2.24, 2.45) is 23.3 Å². The molecule has 1 aliphatic carbocycles. The highest BCUT2D eigenvalue weighted by molar-refractivity contribution is 5.88. The molecule has 0 aromatic rings. The number of nitrogens with zero attached hydrogens (tertiary/aromatic N) is 1. The van der Waals surface area contributed by atoms with E-state index in [2.05, 4.69) is 6.92 Å². The molecule has 1 saturated carbocycles. The topological polar surface area (TPSA) is 89.4 Å². The van der Waals surface area contributed by atoms with Gasteiger partial charge >= 0.3 is 0 Å². The molecule has 102 valence electrons. The predicted molar refractivity (Wildman–Crippen MR) is 68.4 cm³/mol. The van der Waals surface area contributed by atoms with Gasteiger partial charge in [0.2, 0.25) is 11.8 Å². The highest BCUT2D eigenvalue weighted by Gasteiger charge is 2.39. The molecule has 0 aromatic carbocycles. The van der Waals surface area contributed by atoms with Crippen molar-refractivity contribution in [1.82, 2.24) is 4.90 Å². The Balaban J connectivity index is 2.07. The Hall–Kier alpha value is -1.10. The number of primary amides is 1. The summed E-state index contributed by atoms with van der Waals surface area (Å²) in [4.78, 5) is 25.6.